The van der Waals surface area contributed by atoms with Crippen molar-refractivity contribution in [3.63, 3.8) is 0 Å². The van der Waals surface area contributed by atoms with Gasteiger partial charge in [0.2, 0.25) is 23.6 Å². The number of carbonyl (C=O) groups is 4. The van der Waals surface area contributed by atoms with E-state index in [1.54, 1.807) is 4.90 Å². The Kier molecular flexibility index (Phi) is 6.61. The standard InChI is InChI=1S/C26H39N5O5/c1-24(2,3)19(30-23(35)26(6)12-36-13-26)22(34)31-11-16-17(25(16,4)5)18(31)21(33)29-15(10-27)9-14-7-8-28-20(14)32/h14-19H,7-9,11-13H2,1-6H3,(H,28,32)(H,29,33)(H,30,35)/t14-,15-,16-,17-,18-,19+/m0/s1. The summed E-state index contributed by atoms with van der Waals surface area (Å²) in [6, 6.07) is -0.243. The first-order valence-corrected chi connectivity index (χ1v) is 12.9. The predicted molar refractivity (Wildman–Crippen MR) is 130 cm³/mol. The van der Waals surface area contributed by atoms with Crippen LogP contribution in [0.25, 0.3) is 0 Å². The zero-order valence-electron chi connectivity index (χ0n) is 22.1. The van der Waals surface area contributed by atoms with Crippen LogP contribution in [0.4, 0.5) is 0 Å². The largest absolute Gasteiger partial charge is 0.379 e. The Morgan fingerprint density at radius 3 is 2.39 bits per heavy atom. The van der Waals surface area contributed by atoms with Crippen LogP contribution in [0.5, 0.6) is 0 Å². The minimum absolute atomic E-state index is 0.0237. The third-order valence-electron chi connectivity index (χ3n) is 8.69. The highest BCUT2D eigenvalue weighted by Crippen LogP contribution is 2.65. The van der Waals surface area contributed by atoms with Gasteiger partial charge in [-0.3, -0.25) is 19.2 Å². The van der Waals surface area contributed by atoms with Crippen molar-refractivity contribution in [3.8, 4) is 6.07 Å². The molecule has 10 nitrogen and oxygen atoms in total. The molecule has 1 saturated carbocycles. The molecule has 4 rings (SSSR count). The summed E-state index contributed by atoms with van der Waals surface area (Å²) in [5.41, 5.74) is -1.34. The van der Waals surface area contributed by atoms with E-state index in [0.717, 1.165) is 0 Å². The average molecular weight is 502 g/mol. The molecule has 4 aliphatic rings. The third-order valence-corrected chi connectivity index (χ3v) is 8.69. The maximum Gasteiger partial charge on any atom is 0.246 e. The van der Waals surface area contributed by atoms with Crippen LogP contribution >= 0.6 is 0 Å². The Balaban J connectivity index is 1.51. The first-order valence-electron chi connectivity index (χ1n) is 12.9. The van der Waals surface area contributed by atoms with Crippen LogP contribution in [-0.2, 0) is 23.9 Å². The Hall–Kier alpha value is -2.67. The van der Waals surface area contributed by atoms with Gasteiger partial charge in [-0.15, -0.1) is 0 Å². The van der Waals surface area contributed by atoms with Crippen LogP contribution in [0.3, 0.4) is 0 Å². The number of likely N-dealkylation sites (tertiary alicyclic amines) is 1. The number of fused-ring (bicyclic) bond motifs is 1. The van der Waals surface area contributed by atoms with E-state index in [0.29, 0.717) is 32.7 Å². The summed E-state index contributed by atoms with van der Waals surface area (Å²) in [4.78, 5) is 54.0. The zero-order chi connectivity index (χ0) is 26.6. The number of nitrogens with zero attached hydrogens (tertiary/aromatic N) is 2. The van der Waals surface area contributed by atoms with Crippen LogP contribution in [0, 0.1) is 45.3 Å². The second kappa shape index (κ2) is 9.02. The van der Waals surface area contributed by atoms with Gasteiger partial charge in [0, 0.05) is 19.0 Å². The molecule has 1 aliphatic carbocycles. The monoisotopic (exact) mass is 501 g/mol. The number of ether oxygens (including phenoxy) is 1. The quantitative estimate of drug-likeness (QED) is 0.466. The number of nitrogens with one attached hydrogen (secondary N) is 3. The molecule has 3 aliphatic heterocycles. The fraction of sp³-hybridized carbons (Fsp3) is 0.808. The highest BCUT2D eigenvalue weighted by atomic mass is 16.5. The molecule has 0 radical (unpaired) electrons. The molecule has 3 N–H and O–H groups in total. The van der Waals surface area contributed by atoms with E-state index in [9.17, 15) is 24.4 Å². The van der Waals surface area contributed by atoms with Crippen molar-refractivity contribution < 1.29 is 23.9 Å². The summed E-state index contributed by atoms with van der Waals surface area (Å²) in [6.07, 6.45) is 0.878. The molecule has 0 bridgehead atoms. The highest BCUT2D eigenvalue weighted by molar-refractivity contribution is 5.95. The van der Waals surface area contributed by atoms with Gasteiger partial charge in [0.1, 0.15) is 18.1 Å². The van der Waals surface area contributed by atoms with Gasteiger partial charge < -0.3 is 25.6 Å². The topological polar surface area (TPSA) is 141 Å². The van der Waals surface area contributed by atoms with Crippen LogP contribution in [0.1, 0.15) is 54.4 Å². The second-order valence-electron chi connectivity index (χ2n) is 12.9. The molecule has 4 fully saturated rings. The Morgan fingerprint density at radius 1 is 1.22 bits per heavy atom. The van der Waals surface area contributed by atoms with E-state index in [2.05, 4.69) is 35.9 Å². The minimum Gasteiger partial charge on any atom is -0.379 e. The van der Waals surface area contributed by atoms with Crippen molar-refractivity contribution in [2.45, 2.75) is 72.5 Å². The van der Waals surface area contributed by atoms with Crippen molar-refractivity contribution in [1.29, 1.82) is 5.26 Å². The number of rotatable bonds is 7. The number of hydrogen-bond donors (Lipinski definition) is 3. The summed E-state index contributed by atoms with van der Waals surface area (Å²) in [7, 11) is 0. The summed E-state index contributed by atoms with van der Waals surface area (Å²) in [5, 5.41) is 18.2. The second-order valence-corrected chi connectivity index (χ2v) is 12.9. The molecule has 0 unspecified atom stereocenters. The van der Waals surface area contributed by atoms with E-state index in [-0.39, 0.29) is 53.2 Å². The highest BCUT2D eigenvalue weighted by Gasteiger charge is 2.70. The molecule has 10 heteroatoms. The molecule has 3 heterocycles. The normalized spacial score (nSPS) is 31.2. The molecule has 3 saturated heterocycles. The number of amides is 4. The van der Waals surface area contributed by atoms with E-state index >= 15 is 0 Å². The lowest BCUT2D eigenvalue weighted by Gasteiger charge is -2.41. The molecule has 0 aromatic rings. The minimum atomic E-state index is -0.819. The SMILES string of the molecule is CC1(C(=O)N[C@H](C(=O)N2C[C@H]3[C@@H]([C@H]2C(=O)N[C@H](C#N)C[C@@H]2CCNC2=O)C3(C)C)C(C)(C)C)COC1. The van der Waals surface area contributed by atoms with Gasteiger partial charge in [0.25, 0.3) is 0 Å². The van der Waals surface area contributed by atoms with Crippen LogP contribution in [-0.4, -0.2) is 73.0 Å². The number of nitriles is 1. The summed E-state index contributed by atoms with van der Waals surface area (Å²) in [6.45, 7) is 13.3. The Bertz CT molecular complexity index is 992. The van der Waals surface area contributed by atoms with Crippen LogP contribution < -0.4 is 16.0 Å². The lowest BCUT2D eigenvalue weighted by Crippen LogP contribution is -2.63. The van der Waals surface area contributed by atoms with Crippen molar-refractivity contribution in [2.75, 3.05) is 26.3 Å². The fourth-order valence-electron chi connectivity index (χ4n) is 6.03. The first kappa shape index (κ1) is 26.4. The molecular formula is C26H39N5O5. The van der Waals surface area contributed by atoms with Crippen molar-refractivity contribution in [3.05, 3.63) is 0 Å². The maximum atomic E-state index is 13.9. The van der Waals surface area contributed by atoms with Crippen LogP contribution in [0.2, 0.25) is 0 Å². The van der Waals surface area contributed by atoms with Crippen molar-refractivity contribution in [2.24, 2.45) is 34.0 Å². The van der Waals surface area contributed by atoms with E-state index in [4.69, 9.17) is 4.74 Å². The number of carbonyl (C=O) groups excluding carboxylic acids is 4. The number of hydrogen-bond acceptors (Lipinski definition) is 6. The van der Waals surface area contributed by atoms with Crippen molar-refractivity contribution >= 4 is 23.6 Å². The van der Waals surface area contributed by atoms with E-state index < -0.39 is 29.0 Å². The number of piperidine rings is 1. The fourth-order valence-corrected chi connectivity index (χ4v) is 6.03. The van der Waals surface area contributed by atoms with Gasteiger partial charge in [-0.1, -0.05) is 34.6 Å². The smallest absolute Gasteiger partial charge is 0.246 e. The summed E-state index contributed by atoms with van der Waals surface area (Å²) >= 11 is 0. The summed E-state index contributed by atoms with van der Waals surface area (Å²) < 4.78 is 5.22. The van der Waals surface area contributed by atoms with Gasteiger partial charge in [-0.05, 0) is 42.4 Å². The third kappa shape index (κ3) is 4.58. The van der Waals surface area contributed by atoms with Gasteiger partial charge in [0.05, 0.1) is 24.7 Å². The molecule has 0 spiro atoms. The van der Waals surface area contributed by atoms with E-state index in [1.165, 1.54) is 0 Å². The first-order chi connectivity index (χ1) is 16.7. The van der Waals surface area contributed by atoms with Gasteiger partial charge in [0.15, 0.2) is 0 Å². The Morgan fingerprint density at radius 2 is 1.89 bits per heavy atom. The summed E-state index contributed by atoms with van der Waals surface area (Å²) in [5.74, 6) is -1.14. The maximum absolute atomic E-state index is 13.9. The van der Waals surface area contributed by atoms with Gasteiger partial charge in [-0.2, -0.15) is 5.26 Å². The predicted octanol–water partition coefficient (Wildman–Crippen LogP) is 0.571. The van der Waals surface area contributed by atoms with Crippen molar-refractivity contribution in [1.82, 2.24) is 20.9 Å². The average Bonchev–Trinajstić information content (AvgIpc) is 3.13. The molecule has 0 aromatic heterocycles. The molecule has 36 heavy (non-hydrogen) atoms. The van der Waals surface area contributed by atoms with Gasteiger partial charge in [-0.25, -0.2) is 0 Å². The molecule has 198 valence electrons. The lowest BCUT2D eigenvalue weighted by molar-refractivity contribution is -0.161. The lowest BCUT2D eigenvalue weighted by atomic mass is 9.82. The molecule has 0 aromatic carbocycles. The Labute approximate surface area is 212 Å². The molecule has 4 amide bonds. The van der Waals surface area contributed by atoms with E-state index in [1.807, 2.05) is 27.7 Å². The molecule has 6 atom stereocenters. The van der Waals surface area contributed by atoms with Gasteiger partial charge >= 0.3 is 0 Å². The zero-order valence-corrected chi connectivity index (χ0v) is 22.1. The van der Waals surface area contributed by atoms with Crippen LogP contribution in [0.15, 0.2) is 0 Å². The molecular weight excluding hydrogens is 462 g/mol.